The van der Waals surface area contributed by atoms with Crippen LogP contribution in [0.15, 0.2) is 47.1 Å². The number of carbonyl (C=O) groups is 2. The molecule has 0 radical (unpaired) electrons. The summed E-state index contributed by atoms with van der Waals surface area (Å²) in [5.41, 5.74) is 0.622. The van der Waals surface area contributed by atoms with E-state index in [1.54, 1.807) is 43.5 Å². The first-order valence-corrected chi connectivity index (χ1v) is 6.69. The van der Waals surface area contributed by atoms with Gasteiger partial charge in [0, 0.05) is 24.8 Å². The molecule has 1 aromatic carbocycles. The quantitative estimate of drug-likeness (QED) is 0.710. The lowest BCUT2D eigenvalue weighted by atomic mass is 10.3. The smallest absolute Gasteiger partial charge is 0.319 e. The highest BCUT2D eigenvalue weighted by Gasteiger charge is 2.07. The molecule has 1 heterocycles. The average molecular weight is 303 g/mol. The average Bonchev–Trinajstić information content (AvgIpc) is 3.06. The summed E-state index contributed by atoms with van der Waals surface area (Å²) in [5, 5.41) is 7.93. The van der Waals surface area contributed by atoms with Gasteiger partial charge in [-0.3, -0.25) is 4.79 Å². The third kappa shape index (κ3) is 4.55. The number of ether oxygens (including phenoxy) is 1. The Labute approximate surface area is 127 Å². The maximum Gasteiger partial charge on any atom is 0.319 e. The molecule has 3 N–H and O–H groups in total. The number of carbonyl (C=O) groups excluding carboxylic acids is 2. The molecular weight excluding hydrogens is 286 g/mol. The molecule has 3 amide bonds. The molecule has 0 fully saturated rings. The van der Waals surface area contributed by atoms with Gasteiger partial charge in [-0.2, -0.15) is 0 Å². The van der Waals surface area contributed by atoms with Crippen molar-refractivity contribution in [2.24, 2.45) is 0 Å². The van der Waals surface area contributed by atoms with Gasteiger partial charge in [-0.15, -0.1) is 0 Å². The van der Waals surface area contributed by atoms with Gasteiger partial charge in [-0.05, 0) is 24.3 Å². The van der Waals surface area contributed by atoms with Gasteiger partial charge in [-0.1, -0.05) is 6.07 Å². The van der Waals surface area contributed by atoms with E-state index in [1.165, 1.54) is 6.26 Å². The topological polar surface area (TPSA) is 92.6 Å². The van der Waals surface area contributed by atoms with Gasteiger partial charge in [-0.25, -0.2) is 4.79 Å². The van der Waals surface area contributed by atoms with Gasteiger partial charge in [0.2, 0.25) is 0 Å². The van der Waals surface area contributed by atoms with Crippen molar-refractivity contribution < 1.29 is 18.7 Å². The van der Waals surface area contributed by atoms with Gasteiger partial charge >= 0.3 is 6.03 Å². The molecule has 0 aliphatic heterocycles. The minimum absolute atomic E-state index is 0.237. The molecule has 2 aromatic rings. The van der Waals surface area contributed by atoms with Crippen LogP contribution in [0.5, 0.6) is 5.75 Å². The summed E-state index contributed by atoms with van der Waals surface area (Å²) < 4.78 is 10.0. The van der Waals surface area contributed by atoms with Gasteiger partial charge in [0.05, 0.1) is 13.4 Å². The molecule has 7 nitrogen and oxygen atoms in total. The molecule has 0 aliphatic rings. The van der Waals surface area contributed by atoms with Crippen molar-refractivity contribution >= 4 is 17.6 Å². The van der Waals surface area contributed by atoms with E-state index in [9.17, 15) is 9.59 Å². The molecule has 2 rings (SSSR count). The molecule has 0 bridgehead atoms. The zero-order valence-corrected chi connectivity index (χ0v) is 12.1. The van der Waals surface area contributed by atoms with E-state index in [-0.39, 0.29) is 17.7 Å². The van der Waals surface area contributed by atoms with Gasteiger partial charge in [0.15, 0.2) is 5.76 Å². The Kier molecular flexibility index (Phi) is 5.42. The largest absolute Gasteiger partial charge is 0.497 e. The molecule has 0 saturated heterocycles. The Bertz CT molecular complexity index is 625. The van der Waals surface area contributed by atoms with E-state index < -0.39 is 0 Å². The summed E-state index contributed by atoms with van der Waals surface area (Å²) >= 11 is 0. The van der Waals surface area contributed by atoms with Gasteiger partial charge < -0.3 is 25.1 Å². The molecule has 7 heteroatoms. The highest BCUT2D eigenvalue weighted by atomic mass is 16.5. The number of furan rings is 1. The van der Waals surface area contributed by atoms with E-state index in [4.69, 9.17) is 9.15 Å². The maximum atomic E-state index is 11.7. The van der Waals surface area contributed by atoms with Crippen LogP contribution in [0.25, 0.3) is 0 Å². The van der Waals surface area contributed by atoms with Crippen LogP contribution in [0.4, 0.5) is 10.5 Å². The monoisotopic (exact) mass is 303 g/mol. The van der Waals surface area contributed by atoms with Gasteiger partial charge in [0.1, 0.15) is 5.75 Å². The normalized spacial score (nSPS) is 9.86. The van der Waals surface area contributed by atoms with E-state index in [1.807, 2.05) is 0 Å². The minimum atomic E-state index is -0.361. The second-order valence-corrected chi connectivity index (χ2v) is 4.35. The first kappa shape index (κ1) is 15.4. The molecule has 0 atom stereocenters. The van der Waals surface area contributed by atoms with E-state index in [0.717, 1.165) is 0 Å². The Hall–Kier alpha value is -2.96. The van der Waals surface area contributed by atoms with Crippen molar-refractivity contribution in [1.82, 2.24) is 10.6 Å². The van der Waals surface area contributed by atoms with E-state index in [2.05, 4.69) is 16.0 Å². The number of hydrogen-bond acceptors (Lipinski definition) is 4. The lowest BCUT2D eigenvalue weighted by molar-refractivity contribution is 0.0926. The minimum Gasteiger partial charge on any atom is -0.497 e. The molecule has 0 unspecified atom stereocenters. The Morgan fingerprint density at radius 3 is 2.68 bits per heavy atom. The van der Waals surface area contributed by atoms with Crippen LogP contribution in [0, 0.1) is 0 Å². The van der Waals surface area contributed by atoms with Crippen molar-refractivity contribution in [3.8, 4) is 5.75 Å². The van der Waals surface area contributed by atoms with Crippen LogP contribution in [-0.4, -0.2) is 32.1 Å². The summed E-state index contributed by atoms with van der Waals surface area (Å²) in [5.74, 6) is 0.573. The maximum absolute atomic E-state index is 11.7. The first-order chi connectivity index (χ1) is 10.7. The second-order valence-electron chi connectivity index (χ2n) is 4.35. The fraction of sp³-hybridized carbons (Fsp3) is 0.200. The fourth-order valence-electron chi connectivity index (χ4n) is 1.72. The van der Waals surface area contributed by atoms with Crippen LogP contribution in [0.1, 0.15) is 10.6 Å². The molecule has 1 aromatic heterocycles. The standard InChI is InChI=1S/C15H17N3O4/c1-21-12-5-2-4-11(10-12)18-15(20)17-8-7-16-14(19)13-6-3-9-22-13/h2-6,9-10H,7-8H2,1H3,(H,16,19)(H2,17,18,20). The summed E-state index contributed by atoms with van der Waals surface area (Å²) in [6.07, 6.45) is 1.43. The third-order valence-electron chi connectivity index (χ3n) is 2.77. The summed E-state index contributed by atoms with van der Waals surface area (Å²) in [4.78, 5) is 23.3. The molecular formula is C15H17N3O4. The number of amides is 3. The zero-order valence-electron chi connectivity index (χ0n) is 12.1. The van der Waals surface area contributed by atoms with Crippen molar-refractivity contribution in [3.63, 3.8) is 0 Å². The number of benzene rings is 1. The molecule has 22 heavy (non-hydrogen) atoms. The molecule has 0 saturated carbocycles. The number of urea groups is 1. The lowest BCUT2D eigenvalue weighted by Gasteiger charge is -2.09. The predicted octanol–water partition coefficient (Wildman–Crippen LogP) is 1.84. The van der Waals surface area contributed by atoms with E-state index in [0.29, 0.717) is 24.5 Å². The Balaban J connectivity index is 1.68. The van der Waals surface area contributed by atoms with Crippen molar-refractivity contribution in [3.05, 3.63) is 48.4 Å². The third-order valence-corrected chi connectivity index (χ3v) is 2.77. The number of hydrogen-bond donors (Lipinski definition) is 3. The molecule has 0 spiro atoms. The van der Waals surface area contributed by atoms with E-state index >= 15 is 0 Å². The van der Waals surface area contributed by atoms with Crippen LogP contribution in [0.2, 0.25) is 0 Å². The fourth-order valence-corrected chi connectivity index (χ4v) is 1.72. The predicted molar refractivity (Wildman–Crippen MR) is 81.1 cm³/mol. The van der Waals surface area contributed by atoms with Crippen LogP contribution in [0.3, 0.4) is 0 Å². The number of rotatable bonds is 6. The van der Waals surface area contributed by atoms with Crippen LogP contribution < -0.4 is 20.7 Å². The van der Waals surface area contributed by atoms with Crippen molar-refractivity contribution in [2.45, 2.75) is 0 Å². The van der Waals surface area contributed by atoms with Crippen LogP contribution in [-0.2, 0) is 0 Å². The second kappa shape index (κ2) is 7.72. The number of nitrogens with one attached hydrogen (secondary N) is 3. The molecule has 0 aliphatic carbocycles. The van der Waals surface area contributed by atoms with Crippen LogP contribution >= 0.6 is 0 Å². The zero-order chi connectivity index (χ0) is 15.8. The first-order valence-electron chi connectivity index (χ1n) is 6.69. The number of anilines is 1. The molecule has 116 valence electrons. The highest BCUT2D eigenvalue weighted by molar-refractivity contribution is 5.91. The summed E-state index contributed by atoms with van der Waals surface area (Å²) in [6.45, 7) is 0.591. The van der Waals surface area contributed by atoms with Gasteiger partial charge in [0.25, 0.3) is 5.91 Å². The van der Waals surface area contributed by atoms with Crippen molar-refractivity contribution in [2.75, 3.05) is 25.5 Å². The summed E-state index contributed by atoms with van der Waals surface area (Å²) in [6, 6.07) is 9.86. The lowest BCUT2D eigenvalue weighted by Crippen LogP contribution is -2.36. The highest BCUT2D eigenvalue weighted by Crippen LogP contribution is 2.16. The summed E-state index contributed by atoms with van der Waals surface area (Å²) in [7, 11) is 1.56. The number of methoxy groups -OCH3 is 1. The van der Waals surface area contributed by atoms with Crippen molar-refractivity contribution in [1.29, 1.82) is 0 Å². The SMILES string of the molecule is COc1cccc(NC(=O)NCCNC(=O)c2ccco2)c1. The Morgan fingerprint density at radius 1 is 1.14 bits per heavy atom. The Morgan fingerprint density at radius 2 is 1.95 bits per heavy atom.